The van der Waals surface area contributed by atoms with Gasteiger partial charge in [-0.2, -0.15) is 0 Å². The van der Waals surface area contributed by atoms with Crippen LogP contribution in [0.1, 0.15) is 40.5 Å². The number of allylic oxidation sites excluding steroid dienone is 1. The predicted molar refractivity (Wildman–Crippen MR) is 90.6 cm³/mol. The first-order valence-corrected chi connectivity index (χ1v) is 9.08. The molecule has 0 aliphatic rings. The molecule has 0 heterocycles. The SMILES string of the molecule is CC/C=C/CCN(C(=O)OC(C)(C)C)S(=O)(=O)c1ccccc1. The van der Waals surface area contributed by atoms with Crippen molar-refractivity contribution in [2.24, 2.45) is 0 Å². The number of hydrogen-bond donors (Lipinski definition) is 0. The first-order valence-electron chi connectivity index (χ1n) is 7.64. The Kier molecular flexibility index (Phi) is 6.81. The van der Waals surface area contributed by atoms with Crippen molar-refractivity contribution >= 4 is 16.1 Å². The number of amides is 1. The van der Waals surface area contributed by atoms with Crippen LogP contribution in [0.25, 0.3) is 0 Å². The highest BCUT2D eigenvalue weighted by Gasteiger charge is 2.32. The Hall–Kier alpha value is -1.82. The van der Waals surface area contributed by atoms with Gasteiger partial charge in [0.05, 0.1) is 4.90 Å². The lowest BCUT2D eigenvalue weighted by Crippen LogP contribution is -2.41. The Morgan fingerprint density at radius 3 is 2.30 bits per heavy atom. The largest absolute Gasteiger partial charge is 0.443 e. The predicted octanol–water partition coefficient (Wildman–Crippen LogP) is 3.97. The fourth-order valence-electron chi connectivity index (χ4n) is 1.82. The lowest BCUT2D eigenvalue weighted by atomic mass is 10.2. The highest BCUT2D eigenvalue weighted by atomic mass is 32.2. The van der Waals surface area contributed by atoms with Crippen LogP contribution in [0.3, 0.4) is 0 Å². The van der Waals surface area contributed by atoms with Gasteiger partial charge in [-0.05, 0) is 45.7 Å². The number of rotatable bonds is 6. The van der Waals surface area contributed by atoms with Gasteiger partial charge in [-0.15, -0.1) is 0 Å². The monoisotopic (exact) mass is 339 g/mol. The van der Waals surface area contributed by atoms with Gasteiger partial charge in [0.1, 0.15) is 5.60 Å². The molecule has 0 saturated carbocycles. The zero-order chi connectivity index (χ0) is 17.5. The fourth-order valence-corrected chi connectivity index (χ4v) is 3.15. The molecule has 23 heavy (non-hydrogen) atoms. The van der Waals surface area contributed by atoms with E-state index in [1.807, 2.05) is 19.1 Å². The summed E-state index contributed by atoms with van der Waals surface area (Å²) in [6.07, 6.45) is 4.24. The van der Waals surface area contributed by atoms with Crippen LogP contribution in [0.2, 0.25) is 0 Å². The molecule has 1 aromatic carbocycles. The number of sulfonamides is 1. The van der Waals surface area contributed by atoms with Crippen molar-refractivity contribution in [1.29, 1.82) is 0 Å². The molecule has 0 aliphatic carbocycles. The fraction of sp³-hybridized carbons (Fsp3) is 0.471. The Bertz CT molecular complexity index is 630. The van der Waals surface area contributed by atoms with E-state index in [0.717, 1.165) is 10.7 Å². The summed E-state index contributed by atoms with van der Waals surface area (Å²) >= 11 is 0. The van der Waals surface area contributed by atoms with E-state index < -0.39 is 21.7 Å². The van der Waals surface area contributed by atoms with E-state index >= 15 is 0 Å². The molecule has 0 atom stereocenters. The van der Waals surface area contributed by atoms with Gasteiger partial charge in [-0.25, -0.2) is 17.5 Å². The summed E-state index contributed by atoms with van der Waals surface area (Å²) in [5.41, 5.74) is -0.763. The van der Waals surface area contributed by atoms with Crippen LogP contribution in [0.15, 0.2) is 47.4 Å². The molecule has 0 aliphatic heterocycles. The third-order valence-electron chi connectivity index (χ3n) is 2.83. The van der Waals surface area contributed by atoms with Crippen LogP contribution >= 0.6 is 0 Å². The van der Waals surface area contributed by atoms with Crippen LogP contribution in [0, 0.1) is 0 Å². The van der Waals surface area contributed by atoms with E-state index in [4.69, 9.17) is 4.74 Å². The smallest absolute Gasteiger partial charge is 0.424 e. The summed E-state index contributed by atoms with van der Waals surface area (Å²) in [4.78, 5) is 12.4. The van der Waals surface area contributed by atoms with Crippen molar-refractivity contribution in [2.75, 3.05) is 6.54 Å². The van der Waals surface area contributed by atoms with E-state index in [1.165, 1.54) is 12.1 Å². The van der Waals surface area contributed by atoms with Crippen LogP contribution in [-0.4, -0.2) is 31.0 Å². The third kappa shape index (κ3) is 6.06. The number of carbonyl (C=O) groups excluding carboxylic acids is 1. The minimum Gasteiger partial charge on any atom is -0.443 e. The Balaban J connectivity index is 3.07. The minimum absolute atomic E-state index is 0.0443. The second kappa shape index (κ2) is 8.15. The molecule has 5 nitrogen and oxygen atoms in total. The summed E-state index contributed by atoms with van der Waals surface area (Å²) in [7, 11) is -3.93. The topological polar surface area (TPSA) is 63.7 Å². The van der Waals surface area contributed by atoms with Gasteiger partial charge in [-0.3, -0.25) is 0 Å². The number of hydrogen-bond acceptors (Lipinski definition) is 4. The van der Waals surface area contributed by atoms with Crippen molar-refractivity contribution in [3.05, 3.63) is 42.5 Å². The van der Waals surface area contributed by atoms with Crippen LogP contribution in [0.5, 0.6) is 0 Å². The molecule has 0 N–H and O–H groups in total. The zero-order valence-corrected chi connectivity index (χ0v) is 15.0. The quantitative estimate of drug-likeness (QED) is 0.736. The summed E-state index contributed by atoms with van der Waals surface area (Å²) in [6.45, 7) is 7.14. The second-order valence-corrected chi connectivity index (χ2v) is 7.90. The van der Waals surface area contributed by atoms with Crippen LogP contribution in [-0.2, 0) is 14.8 Å². The first-order chi connectivity index (χ1) is 10.7. The maximum Gasteiger partial charge on any atom is 0.424 e. The van der Waals surface area contributed by atoms with E-state index in [9.17, 15) is 13.2 Å². The Labute approximate surface area is 139 Å². The van der Waals surface area contributed by atoms with Gasteiger partial charge in [0.25, 0.3) is 10.0 Å². The van der Waals surface area contributed by atoms with E-state index in [2.05, 4.69) is 0 Å². The van der Waals surface area contributed by atoms with Gasteiger partial charge in [-0.1, -0.05) is 37.3 Å². The average Bonchev–Trinajstić information content (AvgIpc) is 2.46. The number of carbonyl (C=O) groups is 1. The van der Waals surface area contributed by atoms with Crippen molar-refractivity contribution in [1.82, 2.24) is 4.31 Å². The summed E-state index contributed by atoms with van der Waals surface area (Å²) in [5.74, 6) is 0. The molecule has 0 spiro atoms. The Morgan fingerprint density at radius 2 is 1.78 bits per heavy atom. The molecule has 0 radical (unpaired) electrons. The maximum absolute atomic E-state index is 12.7. The second-order valence-electron chi connectivity index (χ2n) is 6.04. The molecular formula is C17H25NO4S. The molecule has 1 aromatic rings. The number of benzene rings is 1. The molecule has 6 heteroatoms. The van der Waals surface area contributed by atoms with Gasteiger partial charge in [0, 0.05) is 6.54 Å². The third-order valence-corrected chi connectivity index (χ3v) is 4.61. The first kappa shape index (κ1) is 19.2. The molecule has 1 amide bonds. The highest BCUT2D eigenvalue weighted by Crippen LogP contribution is 2.19. The summed E-state index contributed by atoms with van der Waals surface area (Å²) in [5, 5.41) is 0. The van der Waals surface area contributed by atoms with Crippen molar-refractivity contribution < 1.29 is 17.9 Å². The zero-order valence-electron chi connectivity index (χ0n) is 14.2. The lowest BCUT2D eigenvalue weighted by molar-refractivity contribution is 0.0393. The van der Waals surface area contributed by atoms with Gasteiger partial charge in [0.15, 0.2) is 0 Å². The molecule has 0 saturated heterocycles. The summed E-state index contributed by atoms with van der Waals surface area (Å²) in [6, 6.07) is 7.90. The van der Waals surface area contributed by atoms with Gasteiger partial charge in [0.2, 0.25) is 0 Å². The van der Waals surface area contributed by atoms with Crippen LogP contribution < -0.4 is 0 Å². The normalized spacial score (nSPS) is 12.3. The van der Waals surface area contributed by atoms with E-state index in [-0.39, 0.29) is 11.4 Å². The van der Waals surface area contributed by atoms with Crippen LogP contribution in [0.4, 0.5) is 4.79 Å². The summed E-state index contributed by atoms with van der Waals surface area (Å²) < 4.78 is 31.5. The Morgan fingerprint density at radius 1 is 1.17 bits per heavy atom. The number of ether oxygens (including phenoxy) is 1. The molecule has 0 fully saturated rings. The standard InChI is InChI=1S/C17H25NO4S/c1-5-6-7-11-14-18(16(19)22-17(2,3)4)23(20,21)15-12-9-8-10-13-15/h6-10,12-13H,5,11,14H2,1-4H3/b7-6+. The van der Waals surface area contributed by atoms with Crippen molar-refractivity contribution in [3.8, 4) is 0 Å². The maximum atomic E-state index is 12.7. The molecule has 0 unspecified atom stereocenters. The van der Waals surface area contributed by atoms with E-state index in [0.29, 0.717) is 6.42 Å². The van der Waals surface area contributed by atoms with Crippen molar-refractivity contribution in [2.45, 2.75) is 51.0 Å². The average molecular weight is 339 g/mol. The lowest BCUT2D eigenvalue weighted by Gasteiger charge is -2.26. The number of nitrogens with zero attached hydrogens (tertiary/aromatic N) is 1. The minimum atomic E-state index is -3.93. The van der Waals surface area contributed by atoms with Gasteiger partial charge < -0.3 is 4.74 Å². The van der Waals surface area contributed by atoms with Crippen molar-refractivity contribution in [3.63, 3.8) is 0 Å². The van der Waals surface area contributed by atoms with Gasteiger partial charge >= 0.3 is 6.09 Å². The molecule has 0 bridgehead atoms. The molecular weight excluding hydrogens is 314 g/mol. The highest BCUT2D eigenvalue weighted by molar-refractivity contribution is 7.89. The molecule has 1 rings (SSSR count). The molecule has 128 valence electrons. The van der Waals surface area contributed by atoms with E-state index in [1.54, 1.807) is 39.0 Å². The molecule has 0 aromatic heterocycles.